The van der Waals surface area contributed by atoms with Crippen molar-refractivity contribution in [2.45, 2.75) is 31.5 Å². The minimum atomic E-state index is -1.81. The van der Waals surface area contributed by atoms with E-state index in [9.17, 15) is 9.59 Å². The van der Waals surface area contributed by atoms with Crippen LogP contribution in [0.15, 0.2) is 36.7 Å². The molecule has 3 aromatic rings. The average Bonchev–Trinajstić information content (AvgIpc) is 3.28. The molecule has 2 aromatic heterocycles. The van der Waals surface area contributed by atoms with Crippen LogP contribution in [0.4, 0.5) is 4.39 Å². The van der Waals surface area contributed by atoms with Crippen molar-refractivity contribution in [3.8, 4) is 0 Å². The minimum Gasteiger partial charge on any atom is -0.459 e. The van der Waals surface area contributed by atoms with Gasteiger partial charge in [-0.3, -0.25) is 9.36 Å². The van der Waals surface area contributed by atoms with Crippen LogP contribution in [0.5, 0.6) is 0 Å². The highest BCUT2D eigenvalue weighted by molar-refractivity contribution is 6.35. The van der Waals surface area contributed by atoms with E-state index in [2.05, 4.69) is 15.0 Å². The topological polar surface area (TPSA) is 105 Å². The lowest BCUT2D eigenvalue weighted by molar-refractivity contribution is -0.152. The minimum absolute atomic E-state index is 0.00738. The van der Waals surface area contributed by atoms with Gasteiger partial charge in [-0.05, 0) is 23.7 Å². The Morgan fingerprint density at radius 3 is 2.68 bits per heavy atom. The summed E-state index contributed by atoms with van der Waals surface area (Å²) in [6.07, 6.45) is -4.22. The Labute approximate surface area is 185 Å². The van der Waals surface area contributed by atoms with Crippen LogP contribution in [-0.4, -0.2) is 56.4 Å². The van der Waals surface area contributed by atoms with Crippen LogP contribution in [0, 0.1) is 0 Å². The van der Waals surface area contributed by atoms with Crippen LogP contribution in [0.3, 0.4) is 0 Å². The molecule has 4 rings (SSSR count). The lowest BCUT2D eigenvalue weighted by atomic mass is 10.1. The predicted molar refractivity (Wildman–Crippen MR) is 106 cm³/mol. The van der Waals surface area contributed by atoms with Crippen molar-refractivity contribution in [1.29, 1.82) is 0 Å². The fraction of sp³-hybridized carbons (Fsp3) is 0.316. The lowest BCUT2D eigenvalue weighted by Crippen LogP contribution is -2.36. The molecule has 1 aromatic carbocycles. The Morgan fingerprint density at radius 2 is 1.97 bits per heavy atom. The number of benzene rings is 1. The molecule has 0 bridgehead atoms. The Bertz CT molecular complexity index is 1130. The molecule has 1 fully saturated rings. The molecule has 1 aliphatic heterocycles. The second kappa shape index (κ2) is 8.74. The van der Waals surface area contributed by atoms with E-state index in [4.69, 9.17) is 37.4 Å². The SMILES string of the molecule is CC(=O)O[C@H]1[C@H](F)[C@H](n2cnc3c(Cl)nc(Cl)nc32)O[C@@H]1COC(=O)c1ccccc1. The van der Waals surface area contributed by atoms with Gasteiger partial charge in [0.15, 0.2) is 29.3 Å². The zero-order valence-electron chi connectivity index (χ0n) is 15.9. The molecule has 9 nitrogen and oxygen atoms in total. The van der Waals surface area contributed by atoms with E-state index in [0.717, 1.165) is 6.92 Å². The summed E-state index contributed by atoms with van der Waals surface area (Å²) in [5, 5.41) is -0.162. The first-order valence-corrected chi connectivity index (χ1v) is 9.85. The molecule has 0 spiro atoms. The molecule has 3 heterocycles. The molecular weight excluding hydrogens is 454 g/mol. The van der Waals surface area contributed by atoms with Gasteiger partial charge >= 0.3 is 11.9 Å². The number of alkyl halides is 1. The van der Waals surface area contributed by atoms with E-state index in [0.29, 0.717) is 5.56 Å². The summed E-state index contributed by atoms with van der Waals surface area (Å²) in [5.74, 6) is -1.33. The van der Waals surface area contributed by atoms with Gasteiger partial charge in [-0.15, -0.1) is 0 Å². The van der Waals surface area contributed by atoms with Crippen LogP contribution in [0.2, 0.25) is 10.4 Å². The van der Waals surface area contributed by atoms with Crippen molar-refractivity contribution in [3.63, 3.8) is 0 Å². The third-order valence-corrected chi connectivity index (χ3v) is 5.02. The van der Waals surface area contributed by atoms with E-state index in [1.54, 1.807) is 30.3 Å². The lowest BCUT2D eigenvalue weighted by Gasteiger charge is -2.18. The van der Waals surface area contributed by atoms with E-state index in [1.165, 1.54) is 10.9 Å². The molecule has 0 aliphatic carbocycles. The van der Waals surface area contributed by atoms with Crippen molar-refractivity contribution in [1.82, 2.24) is 19.5 Å². The fourth-order valence-electron chi connectivity index (χ4n) is 3.24. The van der Waals surface area contributed by atoms with E-state index in [1.807, 2.05) is 0 Å². The first-order chi connectivity index (χ1) is 14.8. The summed E-state index contributed by atoms with van der Waals surface area (Å²) in [5.41, 5.74) is 0.658. The molecule has 1 aliphatic rings. The van der Waals surface area contributed by atoms with Crippen LogP contribution >= 0.6 is 23.2 Å². The highest BCUT2D eigenvalue weighted by Gasteiger charge is 2.49. The van der Waals surface area contributed by atoms with Crippen LogP contribution < -0.4 is 0 Å². The number of hydrogen-bond donors (Lipinski definition) is 0. The number of aromatic nitrogens is 4. The van der Waals surface area contributed by atoms with Crippen LogP contribution in [0.1, 0.15) is 23.5 Å². The van der Waals surface area contributed by atoms with Gasteiger partial charge in [0.05, 0.1) is 11.9 Å². The molecular formula is C19H15Cl2FN4O5. The quantitative estimate of drug-likeness (QED) is 0.319. The fourth-order valence-corrected chi connectivity index (χ4v) is 3.66. The van der Waals surface area contributed by atoms with E-state index >= 15 is 4.39 Å². The predicted octanol–water partition coefficient (Wildman–Crippen LogP) is 3.16. The second-order valence-corrected chi connectivity index (χ2v) is 7.35. The number of hydrogen-bond acceptors (Lipinski definition) is 8. The molecule has 0 saturated carbocycles. The van der Waals surface area contributed by atoms with Crippen molar-refractivity contribution < 1.29 is 28.2 Å². The van der Waals surface area contributed by atoms with Crippen molar-refractivity contribution in [2.24, 2.45) is 0 Å². The summed E-state index contributed by atoms with van der Waals surface area (Å²) in [6, 6.07) is 8.27. The molecule has 4 atom stereocenters. The number of esters is 2. The Morgan fingerprint density at radius 1 is 1.23 bits per heavy atom. The van der Waals surface area contributed by atoms with Crippen molar-refractivity contribution in [3.05, 3.63) is 52.7 Å². The van der Waals surface area contributed by atoms with Gasteiger partial charge in [-0.2, -0.15) is 4.98 Å². The summed E-state index contributed by atoms with van der Waals surface area (Å²) in [6.45, 7) is 0.804. The number of halogens is 3. The Balaban J connectivity index is 1.58. The maximum Gasteiger partial charge on any atom is 0.338 e. The number of imidazole rings is 1. The molecule has 162 valence electrons. The number of carbonyl (C=O) groups excluding carboxylic acids is 2. The molecule has 1 saturated heterocycles. The third-order valence-electron chi connectivity index (χ3n) is 4.58. The number of ether oxygens (including phenoxy) is 3. The first-order valence-electron chi connectivity index (χ1n) is 9.09. The van der Waals surface area contributed by atoms with Crippen molar-refractivity contribution >= 4 is 46.3 Å². The molecule has 31 heavy (non-hydrogen) atoms. The van der Waals surface area contributed by atoms with Gasteiger partial charge in [0.25, 0.3) is 0 Å². The van der Waals surface area contributed by atoms with Crippen molar-refractivity contribution in [2.75, 3.05) is 6.61 Å². The summed E-state index contributed by atoms with van der Waals surface area (Å²) in [7, 11) is 0. The van der Waals surface area contributed by atoms with Gasteiger partial charge < -0.3 is 14.2 Å². The zero-order chi connectivity index (χ0) is 22.1. The monoisotopic (exact) mass is 468 g/mol. The zero-order valence-corrected chi connectivity index (χ0v) is 17.5. The van der Waals surface area contributed by atoms with Crippen LogP contribution in [0.25, 0.3) is 11.2 Å². The normalized spacial score (nSPS) is 23.1. The van der Waals surface area contributed by atoms with E-state index in [-0.39, 0.29) is 28.2 Å². The smallest absolute Gasteiger partial charge is 0.338 e. The average molecular weight is 469 g/mol. The van der Waals surface area contributed by atoms with Gasteiger partial charge in [-0.1, -0.05) is 29.8 Å². The highest BCUT2D eigenvalue weighted by atomic mass is 35.5. The number of fused-ring (bicyclic) bond motifs is 1. The number of carbonyl (C=O) groups is 2. The molecule has 0 amide bonds. The molecule has 0 radical (unpaired) electrons. The third kappa shape index (κ3) is 4.32. The second-order valence-electron chi connectivity index (χ2n) is 6.66. The molecule has 12 heteroatoms. The maximum absolute atomic E-state index is 15.3. The summed E-state index contributed by atoms with van der Waals surface area (Å²) < 4.78 is 32.7. The standard InChI is InChI=1S/C19H15Cl2FN4O5/c1-9(27)30-14-11(7-29-18(28)10-5-3-2-4-6-10)31-17(12(14)22)26-8-23-13-15(20)24-19(21)25-16(13)26/h2-6,8,11-12,14,17H,7H2,1H3/t11-,12+,14-,17-/m1/s1. The molecule has 0 unspecified atom stereocenters. The number of rotatable bonds is 5. The van der Waals surface area contributed by atoms with Gasteiger partial charge in [0.1, 0.15) is 18.2 Å². The first kappa shape index (κ1) is 21.4. The Hall–Kier alpha value is -2.82. The van der Waals surface area contributed by atoms with Gasteiger partial charge in [0, 0.05) is 6.92 Å². The van der Waals surface area contributed by atoms with E-state index < -0.39 is 36.5 Å². The largest absolute Gasteiger partial charge is 0.459 e. The molecule has 0 N–H and O–H groups in total. The van der Waals surface area contributed by atoms with Gasteiger partial charge in [-0.25, -0.2) is 19.2 Å². The summed E-state index contributed by atoms with van der Waals surface area (Å²) in [4.78, 5) is 35.6. The highest BCUT2D eigenvalue weighted by Crippen LogP contribution is 2.36. The Kier molecular flexibility index (Phi) is 6.03. The summed E-state index contributed by atoms with van der Waals surface area (Å²) >= 11 is 11.9. The van der Waals surface area contributed by atoms with Crippen LogP contribution in [-0.2, 0) is 19.0 Å². The van der Waals surface area contributed by atoms with Gasteiger partial charge in [0.2, 0.25) is 5.28 Å². The number of nitrogens with zero attached hydrogens (tertiary/aromatic N) is 4. The maximum atomic E-state index is 15.3.